The molecule has 1 unspecified atom stereocenters. The number of amides is 1. The van der Waals surface area contributed by atoms with E-state index in [2.05, 4.69) is 26.1 Å². The van der Waals surface area contributed by atoms with Gasteiger partial charge >= 0.3 is 0 Å². The molecule has 0 aliphatic carbocycles. The molecule has 5 nitrogen and oxygen atoms in total. The molecule has 1 atom stereocenters. The molecule has 1 amide bonds. The number of carbonyl (C=O) groups excluding carboxylic acids is 2. The second kappa shape index (κ2) is 9.25. The second-order valence-corrected chi connectivity index (χ2v) is 6.93. The van der Waals surface area contributed by atoms with Crippen molar-refractivity contribution in [3.8, 4) is 0 Å². The van der Waals surface area contributed by atoms with Gasteiger partial charge in [-0.15, -0.1) is 0 Å². The van der Waals surface area contributed by atoms with Gasteiger partial charge in [0.15, 0.2) is 0 Å². The Morgan fingerprint density at radius 2 is 2.21 bits per heavy atom. The smallest absolute Gasteiger partial charge is 0.291 e. The lowest BCUT2D eigenvalue weighted by atomic mass is 9.92. The van der Waals surface area contributed by atoms with Gasteiger partial charge in [-0.2, -0.15) is 0 Å². The highest BCUT2D eigenvalue weighted by atomic mass is 79.9. The maximum Gasteiger partial charge on any atom is 0.291 e. The predicted octanol–water partition coefficient (Wildman–Crippen LogP) is 2.58. The molecule has 2 rings (SSSR count). The van der Waals surface area contributed by atoms with E-state index < -0.39 is 17.5 Å². The first kappa shape index (κ1) is 19.0. The number of aliphatic hydroxyl groups is 1. The van der Waals surface area contributed by atoms with Gasteiger partial charge in [0.05, 0.1) is 11.1 Å². The summed E-state index contributed by atoms with van der Waals surface area (Å²) in [6.07, 6.45) is 2.92. The van der Waals surface area contributed by atoms with Gasteiger partial charge in [-0.05, 0) is 65.9 Å². The van der Waals surface area contributed by atoms with Gasteiger partial charge < -0.3 is 15.3 Å². The van der Waals surface area contributed by atoms with Crippen molar-refractivity contribution in [2.45, 2.75) is 25.7 Å². The minimum atomic E-state index is -0.709. The summed E-state index contributed by atoms with van der Waals surface area (Å²) in [6, 6.07) is 4.18. The fourth-order valence-electron chi connectivity index (χ4n) is 2.95. The van der Waals surface area contributed by atoms with Gasteiger partial charge in [0.25, 0.3) is 5.91 Å². The fraction of sp³-hybridized carbons (Fsp3) is 0.529. The minimum absolute atomic E-state index is 0.137. The number of likely N-dealkylation sites (tertiary alicyclic amines) is 1. The van der Waals surface area contributed by atoms with Crippen LogP contribution in [0, 0.1) is 11.7 Å². The number of ketones is 1. The Kier molecular flexibility index (Phi) is 7.33. The maximum absolute atomic E-state index is 13.4. The lowest BCUT2D eigenvalue weighted by Crippen LogP contribution is -2.37. The number of rotatable bonds is 7. The molecule has 1 aliphatic heterocycles. The number of aliphatic hydroxyl groups excluding tert-OH is 1. The number of halogens is 2. The number of Topliss-reactive ketones (excluding diaryl/α,β-unsaturated/α-hetero) is 1. The number of anilines is 1. The van der Waals surface area contributed by atoms with Crippen molar-refractivity contribution in [3.63, 3.8) is 0 Å². The number of carbonyl (C=O) groups is 2. The van der Waals surface area contributed by atoms with E-state index in [0.717, 1.165) is 25.9 Å². The topological polar surface area (TPSA) is 69.6 Å². The zero-order valence-electron chi connectivity index (χ0n) is 13.4. The van der Waals surface area contributed by atoms with Gasteiger partial charge in [0.2, 0.25) is 5.78 Å². The average Bonchev–Trinajstić information content (AvgIpc) is 2.56. The number of hydrogen-bond acceptors (Lipinski definition) is 4. The average molecular weight is 401 g/mol. The Hall–Kier alpha value is -1.31. The number of nitrogens with one attached hydrogen (secondary N) is 1. The third kappa shape index (κ3) is 5.65. The standard InChI is InChI=1S/C17H22BrFN2O3/c18-14-5-4-13(10-15(14)19)20-17(24)16(23)6-3-12-2-1-7-21(11-12)8-9-22/h4-5,10,12,22H,1-3,6-9,11H2,(H,20,24). The number of β-amino-alcohol motifs (C(OH)–C–C–N with tert-alkyl or cyclic N) is 1. The van der Waals surface area contributed by atoms with E-state index in [1.165, 1.54) is 18.2 Å². The van der Waals surface area contributed by atoms with Crippen molar-refractivity contribution in [2.75, 3.05) is 31.6 Å². The van der Waals surface area contributed by atoms with Crippen molar-refractivity contribution >= 4 is 33.3 Å². The summed E-state index contributed by atoms with van der Waals surface area (Å²) < 4.78 is 13.7. The number of hydrogen-bond donors (Lipinski definition) is 2. The molecular formula is C17H22BrFN2O3. The first-order valence-electron chi connectivity index (χ1n) is 8.12. The van der Waals surface area contributed by atoms with Crippen LogP contribution in [0.1, 0.15) is 25.7 Å². The van der Waals surface area contributed by atoms with Gasteiger partial charge in [-0.3, -0.25) is 9.59 Å². The monoisotopic (exact) mass is 400 g/mol. The van der Waals surface area contributed by atoms with E-state index in [1.54, 1.807) is 0 Å². The molecule has 132 valence electrons. The lowest BCUT2D eigenvalue weighted by molar-refractivity contribution is -0.135. The molecule has 1 saturated heterocycles. The summed E-state index contributed by atoms with van der Waals surface area (Å²) in [4.78, 5) is 26.1. The van der Waals surface area contributed by atoms with Crippen molar-refractivity contribution in [3.05, 3.63) is 28.5 Å². The summed E-state index contributed by atoms with van der Waals surface area (Å²) in [6.45, 7) is 2.62. The molecule has 0 bridgehead atoms. The summed E-state index contributed by atoms with van der Waals surface area (Å²) in [5.41, 5.74) is 0.265. The Balaban J connectivity index is 1.79. The highest BCUT2D eigenvalue weighted by Gasteiger charge is 2.22. The summed E-state index contributed by atoms with van der Waals surface area (Å²) in [7, 11) is 0. The molecule has 1 heterocycles. The van der Waals surface area contributed by atoms with Gasteiger partial charge in [0, 0.05) is 25.2 Å². The maximum atomic E-state index is 13.4. The molecule has 0 radical (unpaired) electrons. The van der Waals surface area contributed by atoms with Crippen LogP contribution in [0.15, 0.2) is 22.7 Å². The summed E-state index contributed by atoms with van der Waals surface area (Å²) in [5, 5.41) is 11.4. The lowest BCUT2D eigenvalue weighted by Gasteiger charge is -2.32. The highest BCUT2D eigenvalue weighted by Crippen LogP contribution is 2.22. The van der Waals surface area contributed by atoms with Crippen molar-refractivity contribution < 1.29 is 19.1 Å². The van der Waals surface area contributed by atoms with E-state index >= 15 is 0 Å². The Morgan fingerprint density at radius 3 is 2.92 bits per heavy atom. The number of benzene rings is 1. The van der Waals surface area contributed by atoms with Gasteiger partial charge in [-0.25, -0.2) is 4.39 Å². The van der Waals surface area contributed by atoms with Crippen molar-refractivity contribution in [1.82, 2.24) is 4.90 Å². The van der Waals surface area contributed by atoms with Gasteiger partial charge in [-0.1, -0.05) is 0 Å². The highest BCUT2D eigenvalue weighted by molar-refractivity contribution is 9.10. The van der Waals surface area contributed by atoms with E-state index in [-0.39, 0.29) is 18.7 Å². The molecule has 0 saturated carbocycles. The second-order valence-electron chi connectivity index (χ2n) is 6.08. The first-order valence-corrected chi connectivity index (χ1v) is 8.91. The minimum Gasteiger partial charge on any atom is -0.395 e. The quantitative estimate of drug-likeness (QED) is 0.690. The van der Waals surface area contributed by atoms with E-state index in [4.69, 9.17) is 5.11 Å². The number of nitrogens with zero attached hydrogens (tertiary/aromatic N) is 1. The van der Waals surface area contributed by atoms with Crippen LogP contribution in [0.3, 0.4) is 0 Å². The summed E-state index contributed by atoms with van der Waals surface area (Å²) in [5.74, 6) is -1.32. The Labute approximate surface area is 149 Å². The molecule has 0 spiro atoms. The van der Waals surface area contributed by atoms with E-state index in [1.807, 2.05) is 0 Å². The molecule has 1 aromatic rings. The van der Waals surface area contributed by atoms with Crippen LogP contribution in [0.2, 0.25) is 0 Å². The molecule has 2 N–H and O–H groups in total. The Bertz CT molecular complexity index is 595. The van der Waals surface area contributed by atoms with Crippen LogP contribution in [0.5, 0.6) is 0 Å². The van der Waals surface area contributed by atoms with Crippen molar-refractivity contribution in [2.24, 2.45) is 5.92 Å². The normalized spacial score (nSPS) is 18.4. The fourth-order valence-corrected chi connectivity index (χ4v) is 3.20. The molecule has 1 fully saturated rings. The van der Waals surface area contributed by atoms with Crippen molar-refractivity contribution in [1.29, 1.82) is 0 Å². The zero-order valence-corrected chi connectivity index (χ0v) is 15.0. The van der Waals surface area contributed by atoms with E-state index in [9.17, 15) is 14.0 Å². The molecule has 1 aromatic carbocycles. The van der Waals surface area contributed by atoms with Crippen LogP contribution in [-0.2, 0) is 9.59 Å². The largest absolute Gasteiger partial charge is 0.395 e. The molecule has 0 aromatic heterocycles. The zero-order chi connectivity index (χ0) is 17.5. The third-order valence-corrected chi connectivity index (χ3v) is 4.87. The third-order valence-electron chi connectivity index (χ3n) is 4.23. The van der Waals surface area contributed by atoms with E-state index in [0.29, 0.717) is 23.4 Å². The molecule has 24 heavy (non-hydrogen) atoms. The Morgan fingerprint density at radius 1 is 1.42 bits per heavy atom. The SMILES string of the molecule is O=C(CCC1CCCN(CCO)C1)C(=O)Nc1ccc(Br)c(F)c1. The molecular weight excluding hydrogens is 379 g/mol. The first-order chi connectivity index (χ1) is 11.5. The van der Waals surface area contributed by atoms with Crippen LogP contribution in [0.25, 0.3) is 0 Å². The summed E-state index contributed by atoms with van der Waals surface area (Å²) >= 11 is 3.04. The van der Waals surface area contributed by atoms with Crippen LogP contribution >= 0.6 is 15.9 Å². The molecule has 1 aliphatic rings. The van der Waals surface area contributed by atoms with Gasteiger partial charge in [0.1, 0.15) is 5.82 Å². The predicted molar refractivity (Wildman–Crippen MR) is 93.2 cm³/mol. The van der Waals surface area contributed by atoms with Crippen LogP contribution in [-0.4, -0.2) is 47.9 Å². The molecule has 7 heteroatoms. The van der Waals surface area contributed by atoms with Crippen LogP contribution < -0.4 is 5.32 Å². The van der Waals surface area contributed by atoms with Crippen LogP contribution in [0.4, 0.5) is 10.1 Å². The number of piperidine rings is 1.